The molecule has 94 valence electrons. The van der Waals surface area contributed by atoms with Gasteiger partial charge in [-0.2, -0.15) is 0 Å². The number of nitrogens with one attached hydrogen (secondary N) is 1. The molecule has 0 radical (unpaired) electrons. The van der Waals surface area contributed by atoms with Gasteiger partial charge in [-0.1, -0.05) is 6.07 Å². The van der Waals surface area contributed by atoms with Crippen LogP contribution in [0.15, 0.2) is 18.2 Å². The monoisotopic (exact) mass is 243 g/mol. The van der Waals surface area contributed by atoms with Crippen molar-refractivity contribution in [3.8, 4) is 0 Å². The Balaban J connectivity index is 2.44. The zero-order chi connectivity index (χ0) is 12.8. The summed E-state index contributed by atoms with van der Waals surface area (Å²) >= 11 is 0. The summed E-state index contributed by atoms with van der Waals surface area (Å²) in [5.41, 5.74) is 0.626. The van der Waals surface area contributed by atoms with Gasteiger partial charge < -0.3 is 10.1 Å². The Morgan fingerprint density at radius 1 is 1.41 bits per heavy atom. The number of hydrogen-bond donors (Lipinski definition) is 1. The SMILES string of the molecule is COC(=O)CC(C)NCc1ccc(F)c(F)c1. The maximum absolute atomic E-state index is 12.9. The summed E-state index contributed by atoms with van der Waals surface area (Å²) < 4.78 is 30.1. The molecule has 5 heteroatoms. The number of rotatable bonds is 5. The van der Waals surface area contributed by atoms with E-state index in [0.717, 1.165) is 12.1 Å². The Bertz CT molecular complexity index is 396. The van der Waals surface area contributed by atoms with Gasteiger partial charge in [0.25, 0.3) is 0 Å². The normalized spacial score (nSPS) is 12.2. The zero-order valence-electron chi connectivity index (χ0n) is 9.80. The van der Waals surface area contributed by atoms with Crippen LogP contribution < -0.4 is 5.32 Å². The molecule has 0 saturated heterocycles. The molecule has 3 nitrogen and oxygen atoms in total. The molecule has 0 saturated carbocycles. The minimum atomic E-state index is -0.870. The maximum atomic E-state index is 12.9. The molecule has 0 aliphatic heterocycles. The smallest absolute Gasteiger partial charge is 0.307 e. The van der Waals surface area contributed by atoms with Gasteiger partial charge >= 0.3 is 5.97 Å². The van der Waals surface area contributed by atoms with E-state index in [0.29, 0.717) is 12.1 Å². The van der Waals surface area contributed by atoms with Crippen LogP contribution in [0.3, 0.4) is 0 Å². The highest BCUT2D eigenvalue weighted by molar-refractivity contribution is 5.69. The van der Waals surface area contributed by atoms with Crippen LogP contribution in [0, 0.1) is 11.6 Å². The molecule has 0 bridgehead atoms. The van der Waals surface area contributed by atoms with E-state index in [1.807, 2.05) is 6.92 Å². The molecule has 0 aliphatic carbocycles. The van der Waals surface area contributed by atoms with E-state index in [9.17, 15) is 13.6 Å². The molecule has 0 amide bonds. The van der Waals surface area contributed by atoms with Crippen LogP contribution in [0.25, 0.3) is 0 Å². The first-order valence-electron chi connectivity index (χ1n) is 5.27. The third-order valence-corrected chi connectivity index (χ3v) is 2.34. The Morgan fingerprint density at radius 3 is 2.71 bits per heavy atom. The van der Waals surface area contributed by atoms with E-state index in [1.54, 1.807) is 0 Å². The molecule has 1 N–H and O–H groups in total. The predicted octanol–water partition coefficient (Wildman–Crippen LogP) is 2.01. The second-order valence-electron chi connectivity index (χ2n) is 3.81. The van der Waals surface area contributed by atoms with Crippen LogP contribution in [0.2, 0.25) is 0 Å². The van der Waals surface area contributed by atoms with Crippen LogP contribution in [0.5, 0.6) is 0 Å². The molecule has 1 rings (SSSR count). The highest BCUT2D eigenvalue weighted by Crippen LogP contribution is 2.08. The fourth-order valence-corrected chi connectivity index (χ4v) is 1.35. The van der Waals surface area contributed by atoms with E-state index in [1.165, 1.54) is 13.2 Å². The predicted molar refractivity (Wildman–Crippen MR) is 59.3 cm³/mol. The van der Waals surface area contributed by atoms with Crippen LogP contribution in [-0.4, -0.2) is 19.1 Å². The van der Waals surface area contributed by atoms with Gasteiger partial charge in [0.05, 0.1) is 13.5 Å². The van der Waals surface area contributed by atoms with Crippen LogP contribution in [0.1, 0.15) is 18.9 Å². The highest BCUT2D eigenvalue weighted by atomic mass is 19.2. The lowest BCUT2D eigenvalue weighted by atomic mass is 10.2. The van der Waals surface area contributed by atoms with Gasteiger partial charge in [0.2, 0.25) is 0 Å². The molecule has 1 aromatic rings. The largest absolute Gasteiger partial charge is 0.469 e. The summed E-state index contributed by atoms with van der Waals surface area (Å²) in [4.78, 5) is 11.0. The number of methoxy groups -OCH3 is 1. The number of carbonyl (C=O) groups is 1. The van der Waals surface area contributed by atoms with E-state index >= 15 is 0 Å². The standard InChI is InChI=1S/C12H15F2NO2/c1-8(5-12(16)17-2)15-7-9-3-4-10(13)11(14)6-9/h3-4,6,8,15H,5,7H2,1-2H3. The Labute approximate surface area is 98.8 Å². The summed E-state index contributed by atoms with van der Waals surface area (Å²) in [7, 11) is 1.32. The maximum Gasteiger partial charge on any atom is 0.307 e. The fourth-order valence-electron chi connectivity index (χ4n) is 1.35. The van der Waals surface area contributed by atoms with E-state index < -0.39 is 11.6 Å². The van der Waals surface area contributed by atoms with E-state index in [2.05, 4.69) is 10.1 Å². The van der Waals surface area contributed by atoms with Gasteiger partial charge in [-0.25, -0.2) is 8.78 Å². The molecule has 17 heavy (non-hydrogen) atoms. The van der Waals surface area contributed by atoms with Gasteiger partial charge in [-0.15, -0.1) is 0 Å². The van der Waals surface area contributed by atoms with Crippen molar-refractivity contribution in [3.63, 3.8) is 0 Å². The third kappa shape index (κ3) is 4.48. The molecule has 1 atom stereocenters. The van der Waals surface area contributed by atoms with E-state index in [-0.39, 0.29) is 18.4 Å². The van der Waals surface area contributed by atoms with Crippen molar-refractivity contribution in [1.29, 1.82) is 0 Å². The summed E-state index contributed by atoms with van der Waals surface area (Å²) in [5.74, 6) is -2.04. The topological polar surface area (TPSA) is 38.3 Å². The Morgan fingerprint density at radius 2 is 2.12 bits per heavy atom. The van der Waals surface area contributed by atoms with Crippen molar-refractivity contribution < 1.29 is 18.3 Å². The second-order valence-corrected chi connectivity index (χ2v) is 3.81. The van der Waals surface area contributed by atoms with Gasteiger partial charge in [-0.3, -0.25) is 4.79 Å². The van der Waals surface area contributed by atoms with Crippen molar-refractivity contribution in [2.45, 2.75) is 25.9 Å². The van der Waals surface area contributed by atoms with Gasteiger partial charge in [0.1, 0.15) is 0 Å². The van der Waals surface area contributed by atoms with Crippen LogP contribution in [0.4, 0.5) is 8.78 Å². The Kier molecular flexibility index (Phi) is 5.03. The minimum absolute atomic E-state index is 0.0874. The average Bonchev–Trinajstić information content (AvgIpc) is 2.30. The summed E-state index contributed by atoms with van der Waals surface area (Å²) in [6, 6.07) is 3.62. The summed E-state index contributed by atoms with van der Waals surface area (Å²) in [6.07, 6.45) is 0.236. The van der Waals surface area contributed by atoms with Crippen molar-refractivity contribution >= 4 is 5.97 Å². The van der Waals surface area contributed by atoms with Crippen molar-refractivity contribution in [2.24, 2.45) is 0 Å². The lowest BCUT2D eigenvalue weighted by Gasteiger charge is -2.12. The average molecular weight is 243 g/mol. The number of carbonyl (C=O) groups excluding carboxylic acids is 1. The Hall–Kier alpha value is -1.49. The first-order valence-corrected chi connectivity index (χ1v) is 5.27. The molecule has 1 unspecified atom stereocenters. The lowest BCUT2D eigenvalue weighted by Crippen LogP contribution is -2.28. The lowest BCUT2D eigenvalue weighted by molar-refractivity contribution is -0.141. The third-order valence-electron chi connectivity index (χ3n) is 2.34. The summed E-state index contributed by atoms with van der Waals surface area (Å²) in [5, 5.41) is 3.02. The first kappa shape index (κ1) is 13.6. The number of halogens is 2. The molecular formula is C12H15F2NO2. The molecule has 1 aromatic carbocycles. The second kappa shape index (κ2) is 6.30. The van der Waals surface area contributed by atoms with Crippen molar-refractivity contribution in [2.75, 3.05) is 7.11 Å². The van der Waals surface area contributed by atoms with Crippen molar-refractivity contribution in [1.82, 2.24) is 5.32 Å². The fraction of sp³-hybridized carbons (Fsp3) is 0.417. The first-order chi connectivity index (χ1) is 8.02. The van der Waals surface area contributed by atoms with E-state index in [4.69, 9.17) is 0 Å². The molecule has 0 aromatic heterocycles. The number of benzene rings is 1. The van der Waals surface area contributed by atoms with Crippen LogP contribution in [-0.2, 0) is 16.1 Å². The van der Waals surface area contributed by atoms with Crippen LogP contribution >= 0.6 is 0 Å². The molecule has 0 aliphatic rings. The van der Waals surface area contributed by atoms with Gasteiger partial charge in [0, 0.05) is 12.6 Å². The molecule has 0 fully saturated rings. The highest BCUT2D eigenvalue weighted by Gasteiger charge is 2.09. The summed E-state index contributed by atoms with van der Waals surface area (Å²) in [6.45, 7) is 2.19. The van der Waals surface area contributed by atoms with Crippen molar-refractivity contribution in [3.05, 3.63) is 35.4 Å². The quantitative estimate of drug-likeness (QED) is 0.804. The number of ether oxygens (including phenoxy) is 1. The van der Waals surface area contributed by atoms with Gasteiger partial charge in [0.15, 0.2) is 11.6 Å². The number of hydrogen-bond acceptors (Lipinski definition) is 3. The van der Waals surface area contributed by atoms with Gasteiger partial charge in [-0.05, 0) is 24.6 Å². The minimum Gasteiger partial charge on any atom is -0.469 e. The molecule has 0 spiro atoms. The molecule has 0 heterocycles. The molecular weight excluding hydrogens is 228 g/mol. The zero-order valence-corrected chi connectivity index (χ0v) is 9.80. The number of esters is 1.